The molecule has 1 aliphatic rings. The normalized spacial score (nSPS) is 20.2. The molecule has 0 aliphatic carbocycles. The summed E-state index contributed by atoms with van der Waals surface area (Å²) in [6, 6.07) is 1.58. The highest BCUT2D eigenvalue weighted by Gasteiger charge is 2.43. The maximum absolute atomic E-state index is 12.3. The molecule has 7 nitrogen and oxygen atoms in total. The van der Waals surface area contributed by atoms with Gasteiger partial charge < -0.3 is 15.2 Å². The summed E-state index contributed by atoms with van der Waals surface area (Å²) in [4.78, 5) is 32.4. The van der Waals surface area contributed by atoms with Crippen molar-refractivity contribution < 1.29 is 19.4 Å². The standard InChI is InChI=1S/C17H23N3O4/c1-6-10-7-11(15(21)22)13(18-12(10)8-24-5)14-19-16(23)17(4,20-14)9(2)3/h7,9H,6,8H2,1-5H3,(H,21,22)(H,19,20,23). The van der Waals surface area contributed by atoms with Gasteiger partial charge in [-0.25, -0.2) is 9.78 Å². The number of methoxy groups -OCH3 is 1. The molecule has 0 fully saturated rings. The fraction of sp³-hybridized carbons (Fsp3) is 0.529. The Morgan fingerprint density at radius 3 is 2.58 bits per heavy atom. The fourth-order valence-corrected chi connectivity index (χ4v) is 2.55. The molecule has 7 heteroatoms. The minimum atomic E-state index is -1.11. The first kappa shape index (κ1) is 18.1. The summed E-state index contributed by atoms with van der Waals surface area (Å²) in [6.45, 7) is 7.76. The van der Waals surface area contributed by atoms with E-state index in [1.54, 1.807) is 20.1 Å². The van der Waals surface area contributed by atoms with Gasteiger partial charge in [-0.1, -0.05) is 20.8 Å². The van der Waals surface area contributed by atoms with Gasteiger partial charge in [-0.15, -0.1) is 0 Å². The Kier molecular flexibility index (Phi) is 5.03. The van der Waals surface area contributed by atoms with E-state index in [0.717, 1.165) is 5.56 Å². The number of hydrogen-bond acceptors (Lipinski definition) is 5. The van der Waals surface area contributed by atoms with Gasteiger partial charge in [-0.05, 0) is 30.9 Å². The number of carboxylic acid groups (broad SMARTS) is 1. The maximum Gasteiger partial charge on any atom is 0.338 e. The molecule has 1 atom stereocenters. The van der Waals surface area contributed by atoms with Gasteiger partial charge in [0.25, 0.3) is 5.91 Å². The predicted octanol–water partition coefficient (Wildman–Crippen LogP) is 1.78. The number of amides is 1. The highest BCUT2D eigenvalue weighted by molar-refractivity contribution is 6.16. The van der Waals surface area contributed by atoms with Gasteiger partial charge in [0.1, 0.15) is 11.2 Å². The SMILES string of the molecule is CCc1cc(C(=O)O)c(C2=NC(=O)C(C)(C(C)C)N2)nc1COC. The Labute approximate surface area is 141 Å². The monoisotopic (exact) mass is 333 g/mol. The summed E-state index contributed by atoms with van der Waals surface area (Å²) < 4.78 is 5.15. The molecule has 1 amide bonds. The molecule has 0 aromatic carbocycles. The Morgan fingerprint density at radius 1 is 1.46 bits per heavy atom. The number of pyridine rings is 1. The van der Waals surface area contributed by atoms with Crippen LogP contribution < -0.4 is 5.32 Å². The van der Waals surface area contributed by atoms with Gasteiger partial charge in [0.05, 0.1) is 17.9 Å². The van der Waals surface area contributed by atoms with Crippen LogP contribution >= 0.6 is 0 Å². The number of ether oxygens (including phenoxy) is 1. The largest absolute Gasteiger partial charge is 0.478 e. The number of carbonyl (C=O) groups excluding carboxylic acids is 1. The minimum Gasteiger partial charge on any atom is -0.478 e. The van der Waals surface area contributed by atoms with Crippen LogP contribution in [-0.4, -0.2) is 40.5 Å². The number of aromatic carboxylic acids is 1. The third kappa shape index (κ3) is 3.03. The lowest BCUT2D eigenvalue weighted by atomic mass is 9.88. The number of carbonyl (C=O) groups is 2. The molecule has 1 aliphatic heterocycles. The Hall–Kier alpha value is -2.28. The quantitative estimate of drug-likeness (QED) is 0.823. The number of rotatable bonds is 6. The molecule has 1 aromatic heterocycles. The molecule has 0 saturated heterocycles. The van der Waals surface area contributed by atoms with Gasteiger partial charge in [-0.3, -0.25) is 4.79 Å². The number of nitrogens with one attached hydrogen (secondary N) is 1. The molecule has 1 unspecified atom stereocenters. The zero-order chi connectivity index (χ0) is 18.1. The molecule has 0 bridgehead atoms. The zero-order valence-electron chi connectivity index (χ0n) is 14.6. The van der Waals surface area contributed by atoms with E-state index in [-0.39, 0.29) is 35.5 Å². The van der Waals surface area contributed by atoms with E-state index >= 15 is 0 Å². The molecule has 2 N–H and O–H groups in total. The Balaban J connectivity index is 2.57. The van der Waals surface area contributed by atoms with Gasteiger partial charge >= 0.3 is 5.97 Å². The van der Waals surface area contributed by atoms with E-state index in [9.17, 15) is 14.7 Å². The van der Waals surface area contributed by atoms with Crippen LogP contribution in [0.15, 0.2) is 11.1 Å². The molecule has 2 heterocycles. The van der Waals surface area contributed by atoms with Crippen LogP contribution in [0, 0.1) is 5.92 Å². The van der Waals surface area contributed by atoms with Gasteiger partial charge in [-0.2, -0.15) is 4.99 Å². The van der Waals surface area contributed by atoms with Crippen molar-refractivity contribution in [2.75, 3.05) is 7.11 Å². The number of aromatic nitrogens is 1. The lowest BCUT2D eigenvalue weighted by Gasteiger charge is -2.27. The van der Waals surface area contributed by atoms with Crippen LogP contribution in [0.4, 0.5) is 0 Å². The van der Waals surface area contributed by atoms with Gasteiger partial charge in [0, 0.05) is 7.11 Å². The summed E-state index contributed by atoms with van der Waals surface area (Å²) in [5, 5.41) is 12.6. The van der Waals surface area contributed by atoms with E-state index in [1.165, 1.54) is 0 Å². The molecule has 0 spiro atoms. The second-order valence-electron chi connectivity index (χ2n) is 6.33. The number of carboxylic acids is 1. The summed E-state index contributed by atoms with van der Waals surface area (Å²) in [5.74, 6) is -1.23. The molecule has 1 aromatic rings. The average molecular weight is 333 g/mol. The Bertz CT molecular complexity index is 712. The van der Waals surface area contributed by atoms with E-state index < -0.39 is 11.5 Å². The van der Waals surface area contributed by atoms with Gasteiger partial charge in [0.2, 0.25) is 0 Å². The van der Waals surface area contributed by atoms with E-state index in [1.807, 2.05) is 20.8 Å². The van der Waals surface area contributed by atoms with Crippen LogP contribution in [0.25, 0.3) is 0 Å². The van der Waals surface area contributed by atoms with Crippen molar-refractivity contribution in [1.29, 1.82) is 0 Å². The zero-order valence-corrected chi connectivity index (χ0v) is 14.6. The van der Waals surface area contributed by atoms with E-state index in [2.05, 4.69) is 15.3 Å². The number of aryl methyl sites for hydroxylation is 1. The lowest BCUT2D eigenvalue weighted by molar-refractivity contribution is -0.123. The highest BCUT2D eigenvalue weighted by atomic mass is 16.5. The van der Waals surface area contributed by atoms with Crippen molar-refractivity contribution in [3.8, 4) is 0 Å². The third-order valence-electron chi connectivity index (χ3n) is 4.50. The van der Waals surface area contributed by atoms with E-state index in [4.69, 9.17) is 4.74 Å². The highest BCUT2D eigenvalue weighted by Crippen LogP contribution is 2.25. The van der Waals surface area contributed by atoms with E-state index in [0.29, 0.717) is 12.1 Å². The number of nitrogens with zero attached hydrogens (tertiary/aromatic N) is 2. The summed E-state index contributed by atoms with van der Waals surface area (Å²) in [7, 11) is 1.55. The molecule has 2 rings (SSSR count). The summed E-state index contributed by atoms with van der Waals surface area (Å²) in [6.07, 6.45) is 0.634. The molecular weight excluding hydrogens is 310 g/mol. The smallest absolute Gasteiger partial charge is 0.338 e. The first-order valence-corrected chi connectivity index (χ1v) is 7.91. The van der Waals surface area contributed by atoms with Crippen LogP contribution in [0.1, 0.15) is 55.0 Å². The van der Waals surface area contributed by atoms with Crippen LogP contribution in [-0.2, 0) is 22.6 Å². The number of aliphatic imine (C=N–C) groups is 1. The third-order valence-corrected chi connectivity index (χ3v) is 4.50. The lowest BCUT2D eigenvalue weighted by Crippen LogP contribution is -2.50. The van der Waals surface area contributed by atoms with Crippen molar-refractivity contribution in [2.45, 2.75) is 46.3 Å². The van der Waals surface area contributed by atoms with Gasteiger partial charge in [0.15, 0.2) is 5.84 Å². The summed E-state index contributed by atoms with van der Waals surface area (Å²) >= 11 is 0. The molecule has 0 radical (unpaired) electrons. The van der Waals surface area contributed by atoms with Crippen molar-refractivity contribution in [1.82, 2.24) is 10.3 Å². The first-order chi connectivity index (χ1) is 11.2. The molecule has 0 saturated carbocycles. The number of hydrogen-bond donors (Lipinski definition) is 2. The average Bonchev–Trinajstić information content (AvgIpc) is 2.83. The van der Waals surface area contributed by atoms with Crippen molar-refractivity contribution in [2.24, 2.45) is 10.9 Å². The predicted molar refractivity (Wildman–Crippen MR) is 89.2 cm³/mol. The second-order valence-corrected chi connectivity index (χ2v) is 6.33. The Morgan fingerprint density at radius 2 is 2.12 bits per heavy atom. The molecule has 130 valence electrons. The van der Waals surface area contributed by atoms with Crippen molar-refractivity contribution in [3.05, 3.63) is 28.6 Å². The minimum absolute atomic E-state index is 0.00658. The maximum atomic E-state index is 12.3. The second kappa shape index (κ2) is 6.68. The van der Waals surface area contributed by atoms with Crippen LogP contribution in [0.3, 0.4) is 0 Å². The number of amidine groups is 1. The summed E-state index contributed by atoms with van der Waals surface area (Å²) in [5.41, 5.74) is 0.783. The molecular formula is C17H23N3O4. The fourth-order valence-electron chi connectivity index (χ4n) is 2.55. The topological polar surface area (TPSA) is 101 Å². The molecule has 24 heavy (non-hydrogen) atoms. The van der Waals surface area contributed by atoms with Crippen LogP contribution in [0.2, 0.25) is 0 Å². The van der Waals surface area contributed by atoms with Crippen LogP contribution in [0.5, 0.6) is 0 Å². The van der Waals surface area contributed by atoms with Crippen molar-refractivity contribution >= 4 is 17.7 Å². The van der Waals surface area contributed by atoms with Crippen molar-refractivity contribution in [3.63, 3.8) is 0 Å². The first-order valence-electron chi connectivity index (χ1n) is 7.91.